The van der Waals surface area contributed by atoms with Crippen LogP contribution in [0.25, 0.3) is 43.8 Å². The highest BCUT2D eigenvalue weighted by atomic mass is 32.1. The van der Waals surface area contributed by atoms with E-state index in [-0.39, 0.29) is 6.04 Å². The Morgan fingerprint density at radius 2 is 2.10 bits per heavy atom. The second kappa shape index (κ2) is 7.18. The van der Waals surface area contributed by atoms with Crippen LogP contribution < -0.4 is 4.90 Å². The Morgan fingerprint density at radius 1 is 1.16 bits per heavy atom. The minimum Gasteiger partial charge on any atom is -0.377 e. The number of nitrogens with zero attached hydrogens (tertiary/aromatic N) is 5. The SMILES string of the molecule is C[C@@H]1COCCN1c1nc(-c2cccc3[nH]ccc23)nc2c(-c3ccnn3C)csc12. The first-order valence-electron chi connectivity index (χ1n) is 10.4. The quantitative estimate of drug-likeness (QED) is 0.457. The van der Waals surface area contributed by atoms with Gasteiger partial charge >= 0.3 is 0 Å². The van der Waals surface area contributed by atoms with Gasteiger partial charge in [0.05, 0.1) is 35.2 Å². The molecule has 31 heavy (non-hydrogen) atoms. The first kappa shape index (κ1) is 18.5. The van der Waals surface area contributed by atoms with Crippen molar-refractivity contribution in [2.45, 2.75) is 13.0 Å². The highest BCUT2D eigenvalue weighted by molar-refractivity contribution is 7.18. The van der Waals surface area contributed by atoms with Gasteiger partial charge in [-0.1, -0.05) is 12.1 Å². The maximum Gasteiger partial charge on any atom is 0.162 e. The van der Waals surface area contributed by atoms with Crippen molar-refractivity contribution in [1.29, 1.82) is 0 Å². The number of benzene rings is 1. The van der Waals surface area contributed by atoms with Crippen LogP contribution in [0, 0.1) is 0 Å². The molecular weight excluding hydrogens is 408 g/mol. The van der Waals surface area contributed by atoms with Crippen molar-refractivity contribution in [2.24, 2.45) is 7.05 Å². The number of nitrogens with one attached hydrogen (secondary N) is 1. The molecule has 6 rings (SSSR count). The molecule has 0 bridgehead atoms. The summed E-state index contributed by atoms with van der Waals surface area (Å²) in [5, 5.41) is 7.66. The van der Waals surface area contributed by atoms with E-state index in [0.29, 0.717) is 13.2 Å². The molecule has 1 atom stereocenters. The van der Waals surface area contributed by atoms with Crippen LogP contribution in [0.3, 0.4) is 0 Å². The van der Waals surface area contributed by atoms with E-state index in [1.54, 1.807) is 11.3 Å². The summed E-state index contributed by atoms with van der Waals surface area (Å²) in [7, 11) is 1.96. The summed E-state index contributed by atoms with van der Waals surface area (Å²) < 4.78 is 8.69. The second-order valence-electron chi connectivity index (χ2n) is 7.90. The van der Waals surface area contributed by atoms with E-state index in [1.165, 1.54) is 0 Å². The maximum absolute atomic E-state index is 5.69. The Balaban J connectivity index is 1.64. The Hall–Kier alpha value is -3.23. The molecule has 1 aromatic carbocycles. The first-order valence-corrected chi connectivity index (χ1v) is 11.3. The van der Waals surface area contributed by atoms with Crippen LogP contribution in [-0.4, -0.2) is 50.5 Å². The minimum atomic E-state index is 0.255. The number of ether oxygens (including phenoxy) is 1. The molecule has 156 valence electrons. The van der Waals surface area contributed by atoms with Crippen molar-refractivity contribution in [3.8, 4) is 22.6 Å². The normalized spacial score (nSPS) is 17.1. The lowest BCUT2D eigenvalue weighted by molar-refractivity contribution is 0.0987. The third-order valence-electron chi connectivity index (χ3n) is 5.97. The minimum absolute atomic E-state index is 0.255. The number of rotatable bonds is 3. The van der Waals surface area contributed by atoms with Gasteiger partial charge in [-0.25, -0.2) is 9.97 Å². The zero-order valence-corrected chi connectivity index (χ0v) is 18.2. The molecule has 4 aromatic heterocycles. The van der Waals surface area contributed by atoms with E-state index in [9.17, 15) is 0 Å². The molecule has 5 heterocycles. The van der Waals surface area contributed by atoms with Crippen LogP contribution in [-0.2, 0) is 11.8 Å². The van der Waals surface area contributed by atoms with Crippen molar-refractivity contribution in [2.75, 3.05) is 24.7 Å². The topological polar surface area (TPSA) is 71.9 Å². The lowest BCUT2D eigenvalue weighted by Gasteiger charge is -2.34. The van der Waals surface area contributed by atoms with Gasteiger partial charge in [-0.05, 0) is 25.1 Å². The third-order valence-corrected chi connectivity index (χ3v) is 6.94. The van der Waals surface area contributed by atoms with Gasteiger partial charge in [0.25, 0.3) is 0 Å². The molecule has 0 amide bonds. The lowest BCUT2D eigenvalue weighted by Crippen LogP contribution is -2.44. The van der Waals surface area contributed by atoms with Gasteiger partial charge in [0.2, 0.25) is 0 Å². The van der Waals surface area contributed by atoms with E-state index >= 15 is 0 Å². The van der Waals surface area contributed by atoms with Crippen molar-refractivity contribution in [3.63, 3.8) is 0 Å². The first-order chi connectivity index (χ1) is 15.2. The summed E-state index contributed by atoms with van der Waals surface area (Å²) >= 11 is 1.70. The Kier molecular flexibility index (Phi) is 4.29. The number of hydrogen-bond acceptors (Lipinski definition) is 6. The number of H-pyrrole nitrogens is 1. The van der Waals surface area contributed by atoms with Crippen LogP contribution in [0.2, 0.25) is 0 Å². The molecule has 1 aliphatic rings. The fourth-order valence-corrected chi connectivity index (χ4v) is 5.36. The number of aryl methyl sites for hydroxylation is 1. The highest BCUT2D eigenvalue weighted by Gasteiger charge is 2.26. The Morgan fingerprint density at radius 3 is 2.94 bits per heavy atom. The lowest BCUT2D eigenvalue weighted by atomic mass is 10.1. The smallest absolute Gasteiger partial charge is 0.162 e. The molecule has 5 aromatic rings. The number of aromatic amines is 1. The average molecular weight is 431 g/mol. The Labute approximate surface area is 183 Å². The summed E-state index contributed by atoms with van der Waals surface area (Å²) in [5.41, 5.74) is 5.23. The standard InChI is InChI=1S/C23H22N6OS/c1-14-12-30-11-10-29(14)23-21-20(17(13-31-21)19-7-9-25-28(19)2)26-22(27-23)16-4-3-5-18-15(16)6-8-24-18/h3-9,13-14,24H,10-12H2,1-2H3/t14-/m1/s1. The summed E-state index contributed by atoms with van der Waals surface area (Å²) in [6.45, 7) is 4.42. The van der Waals surface area contributed by atoms with Gasteiger partial charge in [-0.2, -0.15) is 5.10 Å². The van der Waals surface area contributed by atoms with Gasteiger partial charge in [-0.3, -0.25) is 4.68 Å². The number of anilines is 1. The molecule has 1 fully saturated rings. The Bertz CT molecular complexity index is 1400. The van der Waals surface area contributed by atoms with Crippen molar-refractivity contribution in [3.05, 3.63) is 48.1 Å². The predicted octanol–water partition coefficient (Wildman–Crippen LogP) is 4.47. The molecule has 0 aliphatic carbocycles. The summed E-state index contributed by atoms with van der Waals surface area (Å²) in [6, 6.07) is 10.6. The molecular formula is C23H22N6OS. The summed E-state index contributed by atoms with van der Waals surface area (Å²) in [5.74, 6) is 1.73. The molecule has 0 radical (unpaired) electrons. The number of morpholine rings is 1. The average Bonchev–Trinajstić information content (AvgIpc) is 3.52. The molecule has 8 heteroatoms. The zero-order chi connectivity index (χ0) is 20.9. The molecule has 7 nitrogen and oxygen atoms in total. The van der Waals surface area contributed by atoms with E-state index in [1.807, 2.05) is 30.2 Å². The number of aromatic nitrogens is 5. The van der Waals surface area contributed by atoms with Crippen molar-refractivity contribution < 1.29 is 4.74 Å². The fourth-order valence-electron chi connectivity index (χ4n) is 4.36. The maximum atomic E-state index is 5.69. The van der Waals surface area contributed by atoms with Gasteiger partial charge in [0.1, 0.15) is 0 Å². The molecule has 1 saturated heterocycles. The molecule has 0 saturated carbocycles. The van der Waals surface area contributed by atoms with E-state index in [4.69, 9.17) is 14.7 Å². The second-order valence-corrected chi connectivity index (χ2v) is 8.78. The van der Waals surface area contributed by atoms with E-state index < -0.39 is 0 Å². The van der Waals surface area contributed by atoms with E-state index in [0.717, 1.165) is 56.1 Å². The monoisotopic (exact) mass is 430 g/mol. The van der Waals surface area contributed by atoms with Crippen molar-refractivity contribution >= 4 is 38.3 Å². The predicted molar refractivity (Wildman–Crippen MR) is 125 cm³/mol. The van der Waals surface area contributed by atoms with Crippen LogP contribution in [0.5, 0.6) is 0 Å². The van der Waals surface area contributed by atoms with Gasteiger partial charge in [0, 0.05) is 53.4 Å². The molecule has 1 aliphatic heterocycles. The number of thiophene rings is 1. The van der Waals surface area contributed by atoms with Crippen LogP contribution >= 0.6 is 11.3 Å². The van der Waals surface area contributed by atoms with Crippen LogP contribution in [0.1, 0.15) is 6.92 Å². The van der Waals surface area contributed by atoms with Crippen LogP contribution in [0.15, 0.2) is 48.1 Å². The number of fused-ring (bicyclic) bond motifs is 2. The molecule has 0 spiro atoms. The van der Waals surface area contributed by atoms with Gasteiger partial charge < -0.3 is 14.6 Å². The van der Waals surface area contributed by atoms with Crippen molar-refractivity contribution in [1.82, 2.24) is 24.7 Å². The summed E-state index contributed by atoms with van der Waals surface area (Å²) in [6.07, 6.45) is 3.79. The summed E-state index contributed by atoms with van der Waals surface area (Å²) in [4.78, 5) is 15.9. The molecule has 0 unspecified atom stereocenters. The fraction of sp³-hybridized carbons (Fsp3) is 0.261. The third kappa shape index (κ3) is 2.94. The zero-order valence-electron chi connectivity index (χ0n) is 17.4. The van der Waals surface area contributed by atoms with Crippen LogP contribution in [0.4, 0.5) is 5.82 Å². The largest absolute Gasteiger partial charge is 0.377 e. The van der Waals surface area contributed by atoms with Gasteiger partial charge in [-0.15, -0.1) is 11.3 Å². The highest BCUT2D eigenvalue weighted by Crippen LogP contribution is 2.40. The molecule has 1 N–H and O–H groups in total. The van der Waals surface area contributed by atoms with Gasteiger partial charge in [0.15, 0.2) is 11.6 Å². The van der Waals surface area contributed by atoms with E-state index in [2.05, 4.69) is 51.6 Å². The number of hydrogen-bond donors (Lipinski definition) is 1.